The van der Waals surface area contributed by atoms with Gasteiger partial charge in [0.2, 0.25) is 0 Å². The van der Waals surface area contributed by atoms with Crippen LogP contribution in [0.4, 0.5) is 18.9 Å². The molecule has 0 saturated heterocycles. The van der Waals surface area contributed by atoms with Gasteiger partial charge in [-0.05, 0) is 42.0 Å². The molecule has 0 fully saturated rings. The van der Waals surface area contributed by atoms with Crippen LogP contribution in [0.2, 0.25) is 5.02 Å². The minimum absolute atomic E-state index is 0.0792. The van der Waals surface area contributed by atoms with Crippen molar-refractivity contribution in [3.05, 3.63) is 53.1 Å². The van der Waals surface area contributed by atoms with Crippen LogP contribution < -0.4 is 14.6 Å². The molecule has 0 unspecified atom stereocenters. The van der Waals surface area contributed by atoms with Crippen molar-refractivity contribution in [2.75, 3.05) is 4.72 Å². The Morgan fingerprint density at radius 3 is 2.24 bits per heavy atom. The molecule has 11 heteroatoms. The molecule has 0 bridgehead atoms. The second-order valence-corrected chi connectivity index (χ2v) is 6.67. The summed E-state index contributed by atoms with van der Waals surface area (Å²) in [5.41, 5.74) is -0.483. The first-order valence-corrected chi connectivity index (χ1v) is 8.23. The zero-order chi connectivity index (χ0) is 18.8. The number of carboxylic acids is 1. The zero-order valence-electron chi connectivity index (χ0n) is 12.0. The molecule has 1 N–H and O–H groups in total. The fraction of sp³-hybridized carbons (Fsp3) is 0.0714. The number of anilines is 1. The lowest BCUT2D eigenvalue weighted by Gasteiger charge is -2.12. The highest BCUT2D eigenvalue weighted by molar-refractivity contribution is 7.92. The van der Waals surface area contributed by atoms with Gasteiger partial charge < -0.3 is 14.6 Å². The fourth-order valence-electron chi connectivity index (χ4n) is 1.77. The Bertz CT molecular complexity index is 898. The van der Waals surface area contributed by atoms with Crippen molar-refractivity contribution in [3.8, 4) is 5.75 Å². The summed E-state index contributed by atoms with van der Waals surface area (Å²) in [6.07, 6.45) is -4.88. The van der Waals surface area contributed by atoms with Gasteiger partial charge in [-0.3, -0.25) is 4.72 Å². The van der Waals surface area contributed by atoms with Crippen molar-refractivity contribution in [2.24, 2.45) is 0 Å². The predicted molar refractivity (Wildman–Crippen MR) is 79.7 cm³/mol. The molecule has 2 aromatic carbocycles. The number of sulfonamides is 1. The van der Waals surface area contributed by atoms with Gasteiger partial charge >= 0.3 is 6.36 Å². The maximum absolute atomic E-state index is 12.3. The van der Waals surface area contributed by atoms with Crippen LogP contribution in [0.3, 0.4) is 0 Å². The standard InChI is InChI=1S/C14H9ClF3NO5S/c15-11-6-1-8(13(20)21)7-12(11)25(22,23)19-9-2-4-10(5-3-9)24-14(16,17)18/h1-7,19H,(H,20,21)/p-1. The van der Waals surface area contributed by atoms with E-state index in [0.29, 0.717) is 0 Å². The highest BCUT2D eigenvalue weighted by atomic mass is 35.5. The van der Waals surface area contributed by atoms with Crippen LogP contribution in [0.15, 0.2) is 47.4 Å². The summed E-state index contributed by atoms with van der Waals surface area (Å²) in [5.74, 6) is -2.13. The Morgan fingerprint density at radius 1 is 1.12 bits per heavy atom. The first-order chi connectivity index (χ1) is 11.5. The summed E-state index contributed by atoms with van der Waals surface area (Å²) < 4.78 is 66.6. The minimum atomic E-state index is -4.88. The van der Waals surface area contributed by atoms with Crippen LogP contribution in [0.25, 0.3) is 0 Å². The van der Waals surface area contributed by atoms with Gasteiger partial charge in [0.15, 0.2) is 0 Å². The SMILES string of the molecule is O=C([O-])c1ccc(Cl)c(S(=O)(=O)Nc2ccc(OC(F)(F)F)cc2)c1. The Hall–Kier alpha value is -2.46. The molecule has 0 heterocycles. The van der Waals surface area contributed by atoms with E-state index in [4.69, 9.17) is 11.6 Å². The molecule has 2 aromatic rings. The van der Waals surface area contributed by atoms with Crippen molar-refractivity contribution in [1.82, 2.24) is 0 Å². The summed E-state index contributed by atoms with van der Waals surface area (Å²) >= 11 is 5.77. The third-order valence-corrected chi connectivity index (χ3v) is 4.66. The summed E-state index contributed by atoms with van der Waals surface area (Å²) in [6, 6.07) is 6.84. The largest absolute Gasteiger partial charge is 0.573 e. The Kier molecular flexibility index (Phi) is 5.14. The molecule has 0 radical (unpaired) electrons. The molecule has 0 amide bonds. The molecular weight excluding hydrogens is 387 g/mol. The Morgan fingerprint density at radius 2 is 1.72 bits per heavy atom. The minimum Gasteiger partial charge on any atom is -0.545 e. The van der Waals surface area contributed by atoms with Crippen LogP contribution >= 0.6 is 11.6 Å². The van der Waals surface area contributed by atoms with Crippen molar-refractivity contribution in [1.29, 1.82) is 0 Å². The lowest BCUT2D eigenvalue weighted by atomic mass is 10.2. The summed E-state index contributed by atoms with van der Waals surface area (Å²) in [7, 11) is -4.28. The number of hydrogen-bond donors (Lipinski definition) is 1. The van der Waals surface area contributed by atoms with E-state index < -0.39 is 38.6 Å². The molecule has 0 spiro atoms. The maximum atomic E-state index is 12.3. The van der Waals surface area contributed by atoms with Crippen molar-refractivity contribution in [3.63, 3.8) is 0 Å². The smallest absolute Gasteiger partial charge is 0.545 e. The van der Waals surface area contributed by atoms with Gasteiger partial charge in [0, 0.05) is 5.69 Å². The van der Waals surface area contributed by atoms with E-state index in [2.05, 4.69) is 9.46 Å². The number of halogens is 4. The van der Waals surface area contributed by atoms with Gasteiger partial charge in [0.05, 0.1) is 11.0 Å². The molecule has 0 aromatic heterocycles. The number of carbonyl (C=O) groups is 1. The van der Waals surface area contributed by atoms with E-state index >= 15 is 0 Å². The summed E-state index contributed by atoms with van der Waals surface area (Å²) in [5, 5.41) is 10.6. The van der Waals surface area contributed by atoms with Crippen molar-refractivity contribution >= 4 is 33.3 Å². The number of hydrogen-bond acceptors (Lipinski definition) is 5. The van der Waals surface area contributed by atoms with E-state index in [1.807, 2.05) is 0 Å². The van der Waals surface area contributed by atoms with Crippen LogP contribution in [-0.2, 0) is 10.0 Å². The number of carbonyl (C=O) groups excluding carboxylic acids is 1. The van der Waals surface area contributed by atoms with Crippen molar-refractivity contribution < 1.29 is 36.2 Å². The molecule has 2 rings (SSSR count). The number of carboxylic acid groups (broad SMARTS) is 1. The van der Waals surface area contributed by atoms with E-state index in [1.54, 1.807) is 0 Å². The van der Waals surface area contributed by atoms with E-state index in [1.165, 1.54) is 0 Å². The molecule has 25 heavy (non-hydrogen) atoms. The quantitative estimate of drug-likeness (QED) is 0.840. The second-order valence-electron chi connectivity index (χ2n) is 4.61. The van der Waals surface area contributed by atoms with E-state index in [9.17, 15) is 31.5 Å². The van der Waals surface area contributed by atoms with E-state index in [0.717, 1.165) is 42.5 Å². The van der Waals surface area contributed by atoms with Gasteiger partial charge in [0.25, 0.3) is 10.0 Å². The summed E-state index contributed by atoms with van der Waals surface area (Å²) in [4.78, 5) is 10.3. The Balaban J connectivity index is 2.27. The third kappa shape index (κ3) is 5.00. The summed E-state index contributed by atoms with van der Waals surface area (Å²) in [6.45, 7) is 0. The molecule has 134 valence electrons. The topological polar surface area (TPSA) is 95.5 Å². The molecular formula is C14H8ClF3NO5S-. The van der Waals surface area contributed by atoms with E-state index in [-0.39, 0.29) is 10.7 Å². The predicted octanol–water partition coefficient (Wildman–Crippen LogP) is 2.40. The number of aromatic carboxylic acids is 1. The average Bonchev–Trinajstić information content (AvgIpc) is 2.47. The molecule has 0 aliphatic heterocycles. The monoisotopic (exact) mass is 394 g/mol. The Labute approximate surface area is 144 Å². The molecule has 0 aliphatic rings. The van der Waals surface area contributed by atoms with Gasteiger partial charge in [-0.1, -0.05) is 17.7 Å². The first-order valence-electron chi connectivity index (χ1n) is 6.37. The molecule has 0 atom stereocenters. The molecule has 0 aliphatic carbocycles. The van der Waals surface area contributed by atoms with Crippen LogP contribution in [0, 0.1) is 0 Å². The normalized spacial score (nSPS) is 11.8. The van der Waals surface area contributed by atoms with Gasteiger partial charge in [0.1, 0.15) is 10.6 Å². The van der Waals surface area contributed by atoms with Crippen molar-refractivity contribution in [2.45, 2.75) is 11.3 Å². The zero-order valence-corrected chi connectivity index (χ0v) is 13.6. The lowest BCUT2D eigenvalue weighted by molar-refractivity contribution is -0.274. The highest BCUT2D eigenvalue weighted by Crippen LogP contribution is 2.27. The lowest BCUT2D eigenvalue weighted by Crippen LogP contribution is -2.23. The van der Waals surface area contributed by atoms with Gasteiger partial charge in [-0.15, -0.1) is 13.2 Å². The maximum Gasteiger partial charge on any atom is 0.573 e. The number of nitrogens with one attached hydrogen (secondary N) is 1. The number of ether oxygens (including phenoxy) is 1. The van der Waals surface area contributed by atoms with Crippen LogP contribution in [0.5, 0.6) is 5.75 Å². The van der Waals surface area contributed by atoms with Crippen LogP contribution in [-0.4, -0.2) is 20.7 Å². The fourth-order valence-corrected chi connectivity index (χ4v) is 3.36. The first kappa shape index (κ1) is 18.9. The third-order valence-electron chi connectivity index (χ3n) is 2.80. The highest BCUT2D eigenvalue weighted by Gasteiger charge is 2.31. The second kappa shape index (κ2) is 6.81. The van der Waals surface area contributed by atoms with Gasteiger partial charge in [-0.25, -0.2) is 8.42 Å². The average molecular weight is 395 g/mol. The van der Waals surface area contributed by atoms with Crippen LogP contribution in [0.1, 0.15) is 10.4 Å². The number of alkyl halides is 3. The van der Waals surface area contributed by atoms with Gasteiger partial charge in [-0.2, -0.15) is 0 Å². The molecule has 0 saturated carbocycles. The molecule has 6 nitrogen and oxygen atoms in total. The number of benzene rings is 2. The number of rotatable bonds is 5.